The third-order valence-corrected chi connectivity index (χ3v) is 2.88. The lowest BCUT2D eigenvalue weighted by atomic mass is 9.85. The maximum absolute atomic E-state index is 10.8. The van der Waals surface area contributed by atoms with Crippen molar-refractivity contribution in [1.82, 2.24) is 4.98 Å². The van der Waals surface area contributed by atoms with Crippen LogP contribution < -0.4 is 0 Å². The number of para-hydroxylation sites is 1. The van der Waals surface area contributed by atoms with Crippen molar-refractivity contribution in [2.75, 3.05) is 0 Å². The first-order chi connectivity index (χ1) is 7.99. The molecule has 0 aliphatic carbocycles. The van der Waals surface area contributed by atoms with E-state index in [1.807, 2.05) is 50.2 Å². The Morgan fingerprint density at radius 1 is 1.24 bits per heavy atom. The fourth-order valence-corrected chi connectivity index (χ4v) is 1.91. The number of carbonyl (C=O) groups is 1. The van der Waals surface area contributed by atoms with Gasteiger partial charge in [0.05, 0.1) is 11.9 Å². The minimum Gasteiger partial charge on any atom is -0.481 e. The van der Waals surface area contributed by atoms with E-state index in [1.165, 1.54) is 0 Å². The highest BCUT2D eigenvalue weighted by Gasteiger charge is 2.25. The topological polar surface area (TPSA) is 50.2 Å². The molecule has 1 heterocycles. The number of benzene rings is 1. The summed E-state index contributed by atoms with van der Waals surface area (Å²) in [4.78, 5) is 15.4. The first-order valence-electron chi connectivity index (χ1n) is 5.57. The van der Waals surface area contributed by atoms with Crippen molar-refractivity contribution >= 4 is 16.9 Å². The van der Waals surface area contributed by atoms with E-state index in [4.69, 9.17) is 5.11 Å². The molecule has 1 N–H and O–H groups in total. The van der Waals surface area contributed by atoms with Crippen LogP contribution in [0.25, 0.3) is 10.9 Å². The third-order valence-electron chi connectivity index (χ3n) is 2.88. The standard InChI is InChI=1S/C14H15NO2/c1-14(2,9-13(16)17)12-8-7-10-5-3-4-6-11(10)15-12/h3-8H,9H2,1-2H3,(H,16,17). The SMILES string of the molecule is CC(C)(CC(=O)O)c1ccc2ccccc2n1. The zero-order valence-corrected chi connectivity index (χ0v) is 9.97. The monoisotopic (exact) mass is 229 g/mol. The maximum Gasteiger partial charge on any atom is 0.304 e. The predicted octanol–water partition coefficient (Wildman–Crippen LogP) is 2.99. The molecular formula is C14H15NO2. The van der Waals surface area contributed by atoms with Crippen LogP contribution in [0, 0.1) is 0 Å². The van der Waals surface area contributed by atoms with Crippen LogP contribution >= 0.6 is 0 Å². The van der Waals surface area contributed by atoms with Crippen LogP contribution in [0.3, 0.4) is 0 Å². The number of carboxylic acids is 1. The van der Waals surface area contributed by atoms with E-state index in [-0.39, 0.29) is 6.42 Å². The molecule has 3 heteroatoms. The number of carboxylic acid groups (broad SMARTS) is 1. The van der Waals surface area contributed by atoms with E-state index in [0.29, 0.717) is 0 Å². The summed E-state index contributed by atoms with van der Waals surface area (Å²) >= 11 is 0. The van der Waals surface area contributed by atoms with Crippen molar-refractivity contribution in [3.63, 3.8) is 0 Å². The molecule has 2 aromatic rings. The number of aromatic nitrogens is 1. The minimum atomic E-state index is -0.801. The number of rotatable bonds is 3. The number of pyridine rings is 1. The lowest BCUT2D eigenvalue weighted by Crippen LogP contribution is -2.22. The first-order valence-corrected chi connectivity index (χ1v) is 5.57. The molecule has 3 nitrogen and oxygen atoms in total. The molecule has 1 aromatic carbocycles. The highest BCUT2D eigenvalue weighted by Crippen LogP contribution is 2.26. The second-order valence-corrected chi connectivity index (χ2v) is 4.84. The van der Waals surface area contributed by atoms with Crippen molar-refractivity contribution in [2.24, 2.45) is 0 Å². The molecule has 0 radical (unpaired) electrons. The summed E-state index contributed by atoms with van der Waals surface area (Å²) < 4.78 is 0. The molecule has 0 unspecified atom stereocenters. The van der Waals surface area contributed by atoms with Gasteiger partial charge in [0.25, 0.3) is 0 Å². The van der Waals surface area contributed by atoms with Gasteiger partial charge in [-0.05, 0) is 12.1 Å². The Bertz CT molecular complexity index is 561. The second-order valence-electron chi connectivity index (χ2n) is 4.84. The van der Waals surface area contributed by atoms with Crippen LogP contribution in [-0.2, 0) is 10.2 Å². The lowest BCUT2D eigenvalue weighted by molar-refractivity contribution is -0.138. The summed E-state index contributed by atoms with van der Waals surface area (Å²) in [5.74, 6) is -0.801. The van der Waals surface area contributed by atoms with Gasteiger partial charge in [0, 0.05) is 16.5 Å². The normalized spacial score (nSPS) is 11.6. The van der Waals surface area contributed by atoms with Gasteiger partial charge in [-0.2, -0.15) is 0 Å². The van der Waals surface area contributed by atoms with Crippen molar-refractivity contribution in [3.05, 3.63) is 42.1 Å². The van der Waals surface area contributed by atoms with Gasteiger partial charge in [-0.3, -0.25) is 9.78 Å². The Labute approximate surface area is 100 Å². The molecule has 0 atom stereocenters. The number of hydrogen-bond acceptors (Lipinski definition) is 2. The molecule has 88 valence electrons. The summed E-state index contributed by atoms with van der Waals surface area (Å²) in [6.07, 6.45) is 0.0817. The summed E-state index contributed by atoms with van der Waals surface area (Å²) in [6.45, 7) is 3.80. The van der Waals surface area contributed by atoms with Crippen LogP contribution in [0.5, 0.6) is 0 Å². The zero-order valence-electron chi connectivity index (χ0n) is 9.97. The van der Waals surface area contributed by atoms with E-state index in [0.717, 1.165) is 16.6 Å². The number of aliphatic carboxylic acids is 1. The molecule has 0 aliphatic rings. The van der Waals surface area contributed by atoms with E-state index in [2.05, 4.69) is 4.98 Å². The largest absolute Gasteiger partial charge is 0.481 e. The van der Waals surface area contributed by atoms with Crippen molar-refractivity contribution < 1.29 is 9.90 Å². The number of fused-ring (bicyclic) bond motifs is 1. The van der Waals surface area contributed by atoms with Crippen molar-refractivity contribution in [2.45, 2.75) is 25.7 Å². The van der Waals surface area contributed by atoms with Crippen molar-refractivity contribution in [1.29, 1.82) is 0 Å². The number of nitrogens with zero attached hydrogens (tertiary/aromatic N) is 1. The Morgan fingerprint density at radius 2 is 1.94 bits per heavy atom. The molecule has 0 amide bonds. The van der Waals surface area contributed by atoms with Gasteiger partial charge in [0.2, 0.25) is 0 Å². The number of hydrogen-bond donors (Lipinski definition) is 1. The first kappa shape index (κ1) is 11.6. The summed E-state index contributed by atoms with van der Waals surface area (Å²) in [5, 5.41) is 9.97. The van der Waals surface area contributed by atoms with E-state index >= 15 is 0 Å². The van der Waals surface area contributed by atoms with Crippen LogP contribution in [0.4, 0.5) is 0 Å². The van der Waals surface area contributed by atoms with Crippen LogP contribution in [0.1, 0.15) is 26.0 Å². The van der Waals surface area contributed by atoms with Gasteiger partial charge >= 0.3 is 5.97 Å². The molecule has 0 saturated heterocycles. The van der Waals surface area contributed by atoms with Crippen LogP contribution in [-0.4, -0.2) is 16.1 Å². The van der Waals surface area contributed by atoms with Gasteiger partial charge in [-0.25, -0.2) is 0 Å². The Morgan fingerprint density at radius 3 is 2.65 bits per heavy atom. The lowest BCUT2D eigenvalue weighted by Gasteiger charge is -2.22. The zero-order chi connectivity index (χ0) is 12.5. The molecule has 0 aliphatic heterocycles. The smallest absolute Gasteiger partial charge is 0.304 e. The molecule has 1 aromatic heterocycles. The Hall–Kier alpha value is -1.90. The molecule has 0 saturated carbocycles. The average molecular weight is 229 g/mol. The second kappa shape index (κ2) is 4.17. The maximum atomic E-state index is 10.8. The third kappa shape index (κ3) is 2.44. The van der Waals surface area contributed by atoms with Gasteiger partial charge < -0.3 is 5.11 Å². The Kier molecular flexibility index (Phi) is 2.84. The summed E-state index contributed by atoms with van der Waals surface area (Å²) in [6, 6.07) is 11.7. The molecular weight excluding hydrogens is 214 g/mol. The van der Waals surface area contributed by atoms with Crippen molar-refractivity contribution in [3.8, 4) is 0 Å². The van der Waals surface area contributed by atoms with E-state index in [1.54, 1.807) is 0 Å². The van der Waals surface area contributed by atoms with Gasteiger partial charge in [-0.1, -0.05) is 38.1 Å². The highest BCUT2D eigenvalue weighted by atomic mass is 16.4. The fourth-order valence-electron chi connectivity index (χ4n) is 1.91. The highest BCUT2D eigenvalue weighted by molar-refractivity contribution is 5.78. The quantitative estimate of drug-likeness (QED) is 0.880. The summed E-state index contributed by atoms with van der Waals surface area (Å²) in [7, 11) is 0. The average Bonchev–Trinajstić information content (AvgIpc) is 2.26. The van der Waals surface area contributed by atoms with Crippen LogP contribution in [0.2, 0.25) is 0 Å². The molecule has 17 heavy (non-hydrogen) atoms. The molecule has 0 spiro atoms. The van der Waals surface area contributed by atoms with Gasteiger partial charge in [0.1, 0.15) is 0 Å². The Balaban J connectivity index is 2.45. The summed E-state index contributed by atoms with van der Waals surface area (Å²) in [5.41, 5.74) is 1.28. The van der Waals surface area contributed by atoms with E-state index in [9.17, 15) is 4.79 Å². The van der Waals surface area contributed by atoms with Gasteiger partial charge in [0.15, 0.2) is 0 Å². The molecule has 0 bridgehead atoms. The van der Waals surface area contributed by atoms with Gasteiger partial charge in [-0.15, -0.1) is 0 Å². The molecule has 2 rings (SSSR count). The minimum absolute atomic E-state index is 0.0817. The predicted molar refractivity (Wildman–Crippen MR) is 67.0 cm³/mol. The van der Waals surface area contributed by atoms with Crippen LogP contribution in [0.15, 0.2) is 36.4 Å². The fraction of sp³-hybridized carbons (Fsp3) is 0.286. The van der Waals surface area contributed by atoms with E-state index < -0.39 is 11.4 Å². The molecule has 0 fully saturated rings.